The van der Waals surface area contributed by atoms with Gasteiger partial charge in [-0.1, -0.05) is 18.2 Å². The number of rotatable bonds is 10. The van der Waals surface area contributed by atoms with Crippen LogP contribution in [0, 0.1) is 12.3 Å². The highest BCUT2D eigenvalue weighted by Crippen LogP contribution is 2.46. The summed E-state index contributed by atoms with van der Waals surface area (Å²) in [6.07, 6.45) is 6.42. The van der Waals surface area contributed by atoms with E-state index < -0.39 is 30.1 Å². The van der Waals surface area contributed by atoms with Crippen LogP contribution in [0.15, 0.2) is 51.1 Å². The van der Waals surface area contributed by atoms with Gasteiger partial charge in [0.1, 0.15) is 5.75 Å². The van der Waals surface area contributed by atoms with Gasteiger partial charge in [0.2, 0.25) is 30.1 Å². The molecule has 13 nitrogen and oxygen atoms in total. The number of ether oxygens (including phenoxy) is 4. The zero-order chi connectivity index (χ0) is 34.4. The minimum absolute atomic E-state index is 0.0257. The van der Waals surface area contributed by atoms with Crippen molar-refractivity contribution in [2.24, 2.45) is 0 Å². The molecular formula is C33H37N3O10S3. The molecule has 3 heterocycles. The molecule has 16 heteroatoms. The lowest BCUT2D eigenvalue weighted by atomic mass is 9.93. The highest BCUT2D eigenvalue weighted by Gasteiger charge is 2.36. The van der Waals surface area contributed by atoms with Crippen LogP contribution in [0.4, 0.5) is 0 Å². The van der Waals surface area contributed by atoms with Crippen LogP contribution >= 0.6 is 0 Å². The van der Waals surface area contributed by atoms with Crippen molar-refractivity contribution in [1.29, 1.82) is 0 Å². The summed E-state index contributed by atoms with van der Waals surface area (Å²) in [5.41, 5.74) is 0. The fourth-order valence-corrected chi connectivity index (χ4v) is 11.7. The molecule has 49 heavy (non-hydrogen) atoms. The van der Waals surface area contributed by atoms with Gasteiger partial charge in [-0.25, -0.2) is 25.3 Å². The zero-order valence-electron chi connectivity index (χ0n) is 26.8. The zero-order valence-corrected chi connectivity index (χ0v) is 29.2. The number of sulfonamides is 3. The van der Waals surface area contributed by atoms with Gasteiger partial charge in [-0.3, -0.25) is 0 Å². The minimum Gasteiger partial charge on any atom is -0.493 e. The summed E-state index contributed by atoms with van der Waals surface area (Å²) < 4.78 is 112. The van der Waals surface area contributed by atoms with E-state index in [2.05, 4.69) is 5.92 Å². The second kappa shape index (κ2) is 13.5. The Morgan fingerprint density at radius 2 is 0.959 bits per heavy atom. The second-order valence-electron chi connectivity index (χ2n) is 12.0. The lowest BCUT2D eigenvalue weighted by Gasteiger charge is -2.30. The Kier molecular flexibility index (Phi) is 9.50. The second-order valence-corrected chi connectivity index (χ2v) is 17.7. The molecule has 3 saturated heterocycles. The molecular weight excluding hydrogens is 695 g/mol. The number of nitrogens with zero attached hydrogens (tertiary/aromatic N) is 3. The summed E-state index contributed by atoms with van der Waals surface area (Å²) in [5, 5.41) is 2.12. The van der Waals surface area contributed by atoms with Gasteiger partial charge < -0.3 is 18.9 Å². The van der Waals surface area contributed by atoms with E-state index >= 15 is 0 Å². The number of terminal acetylenes is 1. The molecule has 0 atom stereocenters. The monoisotopic (exact) mass is 731 g/mol. The summed E-state index contributed by atoms with van der Waals surface area (Å²) >= 11 is 0. The maximum absolute atomic E-state index is 14.4. The summed E-state index contributed by atoms with van der Waals surface area (Å²) in [6.45, 7) is 2.23. The molecule has 7 rings (SSSR count). The molecule has 0 saturated carbocycles. The molecule has 0 unspecified atom stereocenters. The largest absolute Gasteiger partial charge is 0.493 e. The van der Waals surface area contributed by atoms with Crippen LogP contribution in [0.5, 0.6) is 5.75 Å². The molecule has 0 aliphatic carbocycles. The van der Waals surface area contributed by atoms with Crippen molar-refractivity contribution < 1.29 is 44.2 Å². The van der Waals surface area contributed by atoms with Gasteiger partial charge in [0.05, 0.1) is 60.9 Å². The van der Waals surface area contributed by atoms with Gasteiger partial charge in [-0.15, -0.1) is 12.3 Å². The third-order valence-corrected chi connectivity index (χ3v) is 15.0. The van der Waals surface area contributed by atoms with Crippen LogP contribution < -0.4 is 4.74 Å². The summed E-state index contributed by atoms with van der Waals surface area (Å²) in [6, 6.07) is 9.29. The van der Waals surface area contributed by atoms with E-state index in [4.69, 9.17) is 25.4 Å². The normalized spacial score (nSPS) is 19.5. The Morgan fingerprint density at radius 1 is 0.592 bits per heavy atom. The van der Waals surface area contributed by atoms with Crippen LogP contribution in [0.2, 0.25) is 0 Å². The molecule has 0 bridgehead atoms. The Bertz CT molecular complexity index is 2180. The van der Waals surface area contributed by atoms with Gasteiger partial charge in [0.25, 0.3) is 0 Å². The third kappa shape index (κ3) is 6.04. The summed E-state index contributed by atoms with van der Waals surface area (Å²) in [4.78, 5) is -0.385. The molecule has 0 radical (unpaired) electrons. The third-order valence-electron chi connectivity index (χ3n) is 9.23. The fourth-order valence-electron chi connectivity index (χ4n) is 6.76. The molecule has 0 spiro atoms. The Labute approximate surface area is 286 Å². The first-order chi connectivity index (χ1) is 23.6. The Hall–Kier alpha value is -3.11. The van der Waals surface area contributed by atoms with Crippen molar-refractivity contribution in [2.75, 3.05) is 85.5 Å². The van der Waals surface area contributed by atoms with Gasteiger partial charge >= 0.3 is 0 Å². The molecule has 0 aromatic heterocycles. The Balaban J connectivity index is 1.56. The van der Waals surface area contributed by atoms with E-state index in [0.29, 0.717) is 34.4 Å². The lowest BCUT2D eigenvalue weighted by Crippen LogP contribution is -2.41. The Morgan fingerprint density at radius 3 is 1.37 bits per heavy atom. The van der Waals surface area contributed by atoms with E-state index in [-0.39, 0.29) is 117 Å². The predicted octanol–water partition coefficient (Wildman–Crippen LogP) is 2.44. The molecule has 3 fully saturated rings. The van der Waals surface area contributed by atoms with Crippen molar-refractivity contribution in [3.05, 3.63) is 36.4 Å². The maximum Gasteiger partial charge on any atom is 0.243 e. The number of benzene rings is 4. The summed E-state index contributed by atoms with van der Waals surface area (Å²) in [7, 11) is -12.6. The highest BCUT2D eigenvalue weighted by atomic mass is 32.2. The quantitative estimate of drug-likeness (QED) is 0.135. The number of morpholine rings is 3. The minimum atomic E-state index is -4.23. The molecule has 3 aliphatic heterocycles. The van der Waals surface area contributed by atoms with Crippen LogP contribution in [-0.2, 0) is 44.3 Å². The SMILES string of the molecule is C#CCCCOc1cc(S(=O)(=O)N2CCOCC2)c2ccc3c(S(=O)(=O)N4CCOCC4)cc(S(=O)(=O)N4CCOCC4)c4ccc1c2c43. The molecule has 262 valence electrons. The van der Waals surface area contributed by atoms with Gasteiger partial charge in [0, 0.05) is 84.1 Å². The average Bonchev–Trinajstić information content (AvgIpc) is 3.13. The number of hydrogen-bond acceptors (Lipinski definition) is 10. The highest BCUT2D eigenvalue weighted by molar-refractivity contribution is 7.90. The van der Waals surface area contributed by atoms with E-state index in [0.717, 1.165) is 0 Å². The first-order valence-corrected chi connectivity index (χ1v) is 20.5. The smallest absolute Gasteiger partial charge is 0.243 e. The van der Waals surface area contributed by atoms with Crippen LogP contribution in [0.1, 0.15) is 12.8 Å². The standard InChI is InChI=1S/C33H37N3O10S3/c1-2-3-4-15-46-28-22-29(47(37,38)34-9-16-43-17-10-34)25-7-8-27-31(49(41,42)36-13-20-45-21-14-36)23-30(26-6-5-24(28)32(25)33(26)27)48(39,40)35-11-18-44-19-12-35/h1,5-8,22-23H,3-4,9-21H2. The molecule has 3 aliphatic rings. The van der Waals surface area contributed by atoms with E-state index in [9.17, 15) is 25.3 Å². The van der Waals surface area contributed by atoms with Crippen LogP contribution in [0.25, 0.3) is 32.3 Å². The maximum atomic E-state index is 14.4. The molecule has 0 amide bonds. The number of hydrogen-bond donors (Lipinski definition) is 0. The van der Waals surface area contributed by atoms with Gasteiger partial charge in [-0.2, -0.15) is 12.9 Å². The molecule has 4 aromatic rings. The van der Waals surface area contributed by atoms with E-state index in [1.165, 1.54) is 25.0 Å². The predicted molar refractivity (Wildman–Crippen MR) is 182 cm³/mol. The van der Waals surface area contributed by atoms with E-state index in [1.54, 1.807) is 24.3 Å². The lowest BCUT2D eigenvalue weighted by molar-refractivity contribution is 0.0729. The van der Waals surface area contributed by atoms with Crippen LogP contribution in [-0.4, -0.2) is 124 Å². The van der Waals surface area contributed by atoms with Gasteiger partial charge in [0.15, 0.2) is 0 Å². The van der Waals surface area contributed by atoms with Crippen molar-refractivity contribution in [3.63, 3.8) is 0 Å². The molecule has 0 N–H and O–H groups in total. The van der Waals surface area contributed by atoms with Gasteiger partial charge in [-0.05, 0) is 18.6 Å². The fraction of sp³-hybridized carbons (Fsp3) is 0.455. The van der Waals surface area contributed by atoms with Crippen molar-refractivity contribution in [3.8, 4) is 18.1 Å². The topological polar surface area (TPSA) is 149 Å². The van der Waals surface area contributed by atoms with Crippen molar-refractivity contribution >= 4 is 62.4 Å². The average molecular weight is 732 g/mol. The number of unbranched alkanes of at least 4 members (excludes halogenated alkanes) is 1. The van der Waals surface area contributed by atoms with Crippen LogP contribution in [0.3, 0.4) is 0 Å². The van der Waals surface area contributed by atoms with E-state index in [1.807, 2.05) is 0 Å². The summed E-state index contributed by atoms with van der Waals surface area (Å²) in [5.74, 6) is 2.84. The van der Waals surface area contributed by atoms with Crippen molar-refractivity contribution in [2.45, 2.75) is 27.5 Å². The first kappa shape index (κ1) is 34.3. The van der Waals surface area contributed by atoms with Crippen molar-refractivity contribution in [1.82, 2.24) is 12.9 Å². The first-order valence-electron chi connectivity index (χ1n) is 16.2. The molecule has 4 aromatic carbocycles.